The van der Waals surface area contributed by atoms with Crippen LogP contribution < -0.4 is 10.6 Å². The van der Waals surface area contributed by atoms with E-state index in [0.717, 1.165) is 12.1 Å². The van der Waals surface area contributed by atoms with Crippen LogP contribution in [0.5, 0.6) is 0 Å². The highest BCUT2D eigenvalue weighted by Gasteiger charge is 2.19. The molecule has 9 nitrogen and oxygen atoms in total. The number of nitrogens with one attached hydrogen (secondary N) is 2. The lowest BCUT2D eigenvalue weighted by Crippen LogP contribution is -2.32. The molecule has 11 heteroatoms. The van der Waals surface area contributed by atoms with Gasteiger partial charge in [-0.05, 0) is 37.3 Å². The third-order valence-electron chi connectivity index (χ3n) is 3.82. The van der Waals surface area contributed by atoms with Crippen molar-refractivity contribution in [2.75, 3.05) is 11.9 Å². The summed E-state index contributed by atoms with van der Waals surface area (Å²) in [6, 6.07) is 8.39. The number of nitro groups is 1. The molecule has 0 aliphatic rings. The predicted molar refractivity (Wildman–Crippen MR) is 106 cm³/mol. The maximum atomic E-state index is 13.0. The number of amides is 2. The summed E-state index contributed by atoms with van der Waals surface area (Å²) >= 11 is 5.82. The van der Waals surface area contributed by atoms with Crippen molar-refractivity contribution < 1.29 is 28.4 Å². The first-order valence-electron chi connectivity index (χ1n) is 8.65. The van der Waals surface area contributed by atoms with E-state index in [1.807, 2.05) is 0 Å². The topological polar surface area (TPSA) is 128 Å². The van der Waals surface area contributed by atoms with Crippen LogP contribution >= 0.6 is 11.6 Å². The molecule has 0 aromatic heterocycles. The number of anilines is 1. The van der Waals surface area contributed by atoms with Gasteiger partial charge in [0.1, 0.15) is 5.82 Å². The van der Waals surface area contributed by atoms with Gasteiger partial charge < -0.3 is 15.4 Å². The van der Waals surface area contributed by atoms with Gasteiger partial charge in [-0.2, -0.15) is 0 Å². The second kappa shape index (κ2) is 10.3. The number of hydrogen-bond acceptors (Lipinski definition) is 6. The van der Waals surface area contributed by atoms with Crippen LogP contribution in [0.25, 0.3) is 0 Å². The molecule has 30 heavy (non-hydrogen) atoms. The van der Waals surface area contributed by atoms with E-state index in [-0.39, 0.29) is 34.9 Å². The maximum Gasteiger partial charge on any atom is 0.308 e. The third kappa shape index (κ3) is 6.52. The first kappa shape index (κ1) is 22.8. The van der Waals surface area contributed by atoms with Gasteiger partial charge in [-0.3, -0.25) is 24.5 Å². The first-order valence-corrected chi connectivity index (χ1v) is 9.03. The minimum Gasteiger partial charge on any atom is -0.452 e. The van der Waals surface area contributed by atoms with Gasteiger partial charge in [0, 0.05) is 24.2 Å². The number of rotatable bonds is 8. The minimum atomic E-state index is -1.15. The van der Waals surface area contributed by atoms with Crippen molar-refractivity contribution in [1.29, 1.82) is 0 Å². The lowest BCUT2D eigenvalue weighted by Gasteiger charge is -2.14. The Kier molecular flexibility index (Phi) is 7.82. The van der Waals surface area contributed by atoms with Gasteiger partial charge in [0.15, 0.2) is 6.10 Å². The minimum absolute atomic E-state index is 0.00386. The molecule has 0 heterocycles. The summed E-state index contributed by atoms with van der Waals surface area (Å²) in [5.41, 5.74) is 0.212. The summed E-state index contributed by atoms with van der Waals surface area (Å²) in [4.78, 5) is 45.9. The number of halogens is 2. The fraction of sp³-hybridized carbons (Fsp3) is 0.211. The molecule has 0 saturated carbocycles. The summed E-state index contributed by atoms with van der Waals surface area (Å²) in [6.45, 7) is 1.28. The Bertz CT molecular complexity index is 967. The van der Waals surface area contributed by atoms with Crippen LogP contribution in [-0.2, 0) is 14.3 Å². The monoisotopic (exact) mass is 437 g/mol. The quantitative estimate of drug-likeness (QED) is 0.371. The average Bonchev–Trinajstić information content (AvgIpc) is 2.69. The van der Waals surface area contributed by atoms with Gasteiger partial charge in [0.25, 0.3) is 17.5 Å². The Morgan fingerprint density at radius 2 is 1.87 bits per heavy atom. The number of nitro benzene ring substituents is 1. The Morgan fingerprint density at radius 1 is 1.20 bits per heavy atom. The number of hydrogen-bond donors (Lipinski definition) is 2. The van der Waals surface area contributed by atoms with E-state index in [0.29, 0.717) is 0 Å². The SMILES string of the molecule is CC(OC(=O)CCNC(=O)c1ccc([N+](=O)[O-])cc1)C(=O)Nc1ccc(F)cc1Cl. The number of non-ortho nitro benzene ring substituents is 1. The molecule has 0 spiro atoms. The highest BCUT2D eigenvalue weighted by molar-refractivity contribution is 6.33. The first-order chi connectivity index (χ1) is 14.2. The molecule has 2 rings (SSSR count). The van der Waals surface area contributed by atoms with Crippen molar-refractivity contribution in [3.63, 3.8) is 0 Å². The second-order valence-corrected chi connectivity index (χ2v) is 6.46. The molecule has 0 aliphatic heterocycles. The molecule has 1 atom stereocenters. The molecular weight excluding hydrogens is 421 g/mol. The maximum absolute atomic E-state index is 13.0. The van der Waals surface area contributed by atoms with Crippen LogP contribution in [0.3, 0.4) is 0 Å². The van der Waals surface area contributed by atoms with Gasteiger partial charge in [-0.15, -0.1) is 0 Å². The number of ether oxygens (including phenoxy) is 1. The van der Waals surface area contributed by atoms with Crippen molar-refractivity contribution in [3.05, 3.63) is 69.0 Å². The van der Waals surface area contributed by atoms with Gasteiger partial charge in [0.05, 0.1) is 22.1 Å². The number of carbonyl (C=O) groups excluding carboxylic acids is 3. The van der Waals surface area contributed by atoms with Crippen LogP contribution in [0.15, 0.2) is 42.5 Å². The van der Waals surface area contributed by atoms with Crippen LogP contribution in [-0.4, -0.2) is 35.4 Å². The van der Waals surface area contributed by atoms with Crippen molar-refractivity contribution >= 4 is 40.8 Å². The standard InChI is InChI=1S/C19H17ClFN3O6/c1-11(18(26)23-16-7-4-13(21)10-15(16)20)30-17(25)8-9-22-19(27)12-2-5-14(6-3-12)24(28)29/h2-7,10-11H,8-9H2,1H3,(H,22,27)(H,23,26). The Labute approximate surface area is 175 Å². The van der Waals surface area contributed by atoms with Crippen LogP contribution in [0, 0.1) is 15.9 Å². The second-order valence-electron chi connectivity index (χ2n) is 6.06. The lowest BCUT2D eigenvalue weighted by molar-refractivity contribution is -0.384. The largest absolute Gasteiger partial charge is 0.452 e. The van der Waals surface area contributed by atoms with Crippen molar-refractivity contribution in [2.45, 2.75) is 19.4 Å². The van der Waals surface area contributed by atoms with E-state index in [1.165, 1.54) is 37.3 Å². The fourth-order valence-electron chi connectivity index (χ4n) is 2.25. The zero-order chi connectivity index (χ0) is 22.3. The van der Waals surface area contributed by atoms with E-state index >= 15 is 0 Å². The van der Waals surface area contributed by atoms with E-state index in [9.17, 15) is 28.9 Å². The van der Waals surface area contributed by atoms with Gasteiger partial charge in [-0.25, -0.2) is 4.39 Å². The normalized spacial score (nSPS) is 11.3. The number of esters is 1. The van der Waals surface area contributed by atoms with E-state index < -0.39 is 34.6 Å². The lowest BCUT2D eigenvalue weighted by atomic mass is 10.2. The molecule has 158 valence electrons. The van der Waals surface area contributed by atoms with Crippen molar-refractivity contribution in [2.24, 2.45) is 0 Å². The highest BCUT2D eigenvalue weighted by atomic mass is 35.5. The molecule has 0 radical (unpaired) electrons. The summed E-state index contributed by atoms with van der Waals surface area (Å²) in [7, 11) is 0. The van der Waals surface area contributed by atoms with E-state index in [4.69, 9.17) is 16.3 Å². The molecule has 1 unspecified atom stereocenters. The van der Waals surface area contributed by atoms with Crippen LogP contribution in [0.4, 0.5) is 15.8 Å². The molecule has 2 aromatic carbocycles. The summed E-state index contributed by atoms with van der Waals surface area (Å²) in [5, 5.41) is 15.5. The molecule has 0 aliphatic carbocycles. The molecule has 0 saturated heterocycles. The smallest absolute Gasteiger partial charge is 0.308 e. The summed E-state index contributed by atoms with van der Waals surface area (Å²) < 4.78 is 18.0. The van der Waals surface area contributed by atoms with Crippen molar-refractivity contribution in [1.82, 2.24) is 5.32 Å². The molecule has 2 N–H and O–H groups in total. The zero-order valence-electron chi connectivity index (χ0n) is 15.7. The summed E-state index contributed by atoms with van der Waals surface area (Å²) in [6.07, 6.45) is -1.35. The van der Waals surface area contributed by atoms with Crippen LogP contribution in [0.1, 0.15) is 23.7 Å². The Balaban J connectivity index is 1.77. The average molecular weight is 438 g/mol. The van der Waals surface area contributed by atoms with E-state index in [1.54, 1.807) is 0 Å². The molecular formula is C19H17ClFN3O6. The predicted octanol–water partition coefficient (Wildman–Crippen LogP) is 3.08. The highest BCUT2D eigenvalue weighted by Crippen LogP contribution is 2.22. The molecule has 2 amide bonds. The van der Waals surface area contributed by atoms with Crippen molar-refractivity contribution in [3.8, 4) is 0 Å². The molecule has 0 bridgehead atoms. The number of benzene rings is 2. The Hall–Kier alpha value is -3.53. The summed E-state index contributed by atoms with van der Waals surface area (Å²) in [5.74, 6) is -2.47. The fourth-order valence-corrected chi connectivity index (χ4v) is 2.46. The van der Waals surface area contributed by atoms with Crippen LogP contribution in [0.2, 0.25) is 5.02 Å². The molecule has 0 fully saturated rings. The van der Waals surface area contributed by atoms with E-state index in [2.05, 4.69) is 10.6 Å². The zero-order valence-corrected chi connectivity index (χ0v) is 16.4. The third-order valence-corrected chi connectivity index (χ3v) is 4.13. The van der Waals surface area contributed by atoms with Gasteiger partial charge in [-0.1, -0.05) is 11.6 Å². The number of carbonyl (C=O) groups is 3. The Morgan fingerprint density at radius 3 is 2.47 bits per heavy atom. The van der Waals surface area contributed by atoms with Gasteiger partial charge >= 0.3 is 5.97 Å². The van der Waals surface area contributed by atoms with Gasteiger partial charge in [0.2, 0.25) is 0 Å². The number of nitrogens with zero attached hydrogens (tertiary/aromatic N) is 1. The molecule has 2 aromatic rings.